The van der Waals surface area contributed by atoms with E-state index in [4.69, 9.17) is 16.6 Å². The van der Waals surface area contributed by atoms with Gasteiger partial charge in [-0.05, 0) is 24.1 Å². The number of nitrogens with zero attached hydrogens (tertiary/aromatic N) is 1. The van der Waals surface area contributed by atoms with Crippen LogP contribution < -0.4 is 5.32 Å². The Balaban J connectivity index is 2.10. The molecule has 2 nitrogen and oxygen atoms in total. The molecule has 20 heavy (non-hydrogen) atoms. The first-order valence-corrected chi connectivity index (χ1v) is 8.23. The van der Waals surface area contributed by atoms with Gasteiger partial charge in [0.05, 0.1) is 10.7 Å². The van der Waals surface area contributed by atoms with E-state index >= 15 is 0 Å². The van der Waals surface area contributed by atoms with Crippen molar-refractivity contribution in [1.82, 2.24) is 10.3 Å². The van der Waals surface area contributed by atoms with Gasteiger partial charge in [-0.15, -0.1) is 11.3 Å². The Kier molecular flexibility index (Phi) is 5.58. The van der Waals surface area contributed by atoms with Gasteiger partial charge in [0.25, 0.3) is 0 Å². The maximum atomic E-state index is 5.92. The van der Waals surface area contributed by atoms with Crippen molar-refractivity contribution in [1.29, 1.82) is 0 Å². The molecule has 0 atom stereocenters. The zero-order valence-corrected chi connectivity index (χ0v) is 13.8. The molecule has 108 valence electrons. The molecule has 4 heteroatoms. The number of halogens is 1. The lowest BCUT2D eigenvalue weighted by Gasteiger charge is -2.06. The zero-order chi connectivity index (χ0) is 14.5. The van der Waals surface area contributed by atoms with Crippen LogP contribution in [0.4, 0.5) is 0 Å². The average molecular weight is 309 g/mol. The Morgan fingerprint density at radius 1 is 1.25 bits per heavy atom. The summed E-state index contributed by atoms with van der Waals surface area (Å²) in [4.78, 5) is 6.14. The Labute approximate surface area is 130 Å². The van der Waals surface area contributed by atoms with E-state index in [1.54, 1.807) is 0 Å². The van der Waals surface area contributed by atoms with Gasteiger partial charge in [0.15, 0.2) is 0 Å². The largest absolute Gasteiger partial charge is 0.310 e. The molecule has 0 radical (unpaired) electrons. The van der Waals surface area contributed by atoms with Crippen LogP contribution in [-0.4, -0.2) is 11.0 Å². The summed E-state index contributed by atoms with van der Waals surface area (Å²) in [6.07, 6.45) is 1.88. The van der Waals surface area contributed by atoms with Gasteiger partial charge in [-0.2, -0.15) is 0 Å². The van der Waals surface area contributed by atoms with E-state index in [9.17, 15) is 0 Å². The van der Waals surface area contributed by atoms with Crippen molar-refractivity contribution in [3.63, 3.8) is 0 Å². The van der Waals surface area contributed by atoms with Crippen LogP contribution in [0, 0.1) is 0 Å². The minimum Gasteiger partial charge on any atom is -0.310 e. The van der Waals surface area contributed by atoms with Crippen molar-refractivity contribution in [2.45, 2.75) is 46.2 Å². The van der Waals surface area contributed by atoms with Crippen LogP contribution in [0.5, 0.6) is 0 Å². The Bertz CT molecular complexity index is 546. The third-order valence-electron chi connectivity index (χ3n) is 3.10. The molecule has 1 aromatic carbocycles. The van der Waals surface area contributed by atoms with Gasteiger partial charge in [-0.25, -0.2) is 4.98 Å². The lowest BCUT2D eigenvalue weighted by atomic mass is 10.2. The van der Waals surface area contributed by atoms with Gasteiger partial charge < -0.3 is 5.32 Å². The first kappa shape index (κ1) is 15.5. The lowest BCUT2D eigenvalue weighted by molar-refractivity contribution is 0.590. The van der Waals surface area contributed by atoms with Crippen LogP contribution in [0.15, 0.2) is 24.3 Å². The molecule has 0 aliphatic rings. The molecule has 1 heterocycles. The number of nitrogens with one attached hydrogen (secondary N) is 1. The summed E-state index contributed by atoms with van der Waals surface area (Å²) in [5, 5.41) is 5.44. The van der Waals surface area contributed by atoms with E-state index in [-0.39, 0.29) is 0 Å². The minimum absolute atomic E-state index is 0.501. The molecule has 0 aliphatic heterocycles. The summed E-state index contributed by atoms with van der Waals surface area (Å²) in [6.45, 7) is 7.42. The Morgan fingerprint density at radius 2 is 1.95 bits per heavy atom. The van der Waals surface area contributed by atoms with Crippen LogP contribution in [-0.2, 0) is 19.4 Å². The van der Waals surface area contributed by atoms with Crippen LogP contribution >= 0.6 is 22.9 Å². The predicted molar refractivity (Wildman–Crippen MR) is 87.7 cm³/mol. The van der Waals surface area contributed by atoms with E-state index in [2.05, 4.69) is 38.2 Å². The first-order chi connectivity index (χ1) is 9.58. The second-order valence-corrected chi connectivity index (χ2v) is 6.77. The Morgan fingerprint density at radius 3 is 2.55 bits per heavy atom. The molecular formula is C16H21ClN2S. The normalized spacial score (nSPS) is 11.2. The van der Waals surface area contributed by atoms with Gasteiger partial charge in [0, 0.05) is 28.9 Å². The predicted octanol–water partition coefficient (Wildman–Crippen LogP) is 4.45. The number of aromatic nitrogens is 1. The standard InChI is InChI=1S/C16H21ClN2S/c1-4-14-15(10-18-11(2)3)20-16(19-14)9-12-5-7-13(17)8-6-12/h5-8,11,18H,4,9-10H2,1-3H3. The van der Waals surface area contributed by atoms with Gasteiger partial charge in [0.1, 0.15) is 0 Å². The third-order valence-corrected chi connectivity index (χ3v) is 4.45. The molecule has 0 bridgehead atoms. The van der Waals surface area contributed by atoms with E-state index in [0.29, 0.717) is 6.04 Å². The maximum Gasteiger partial charge on any atom is 0.0975 e. The molecule has 2 rings (SSSR count). The fourth-order valence-electron chi connectivity index (χ4n) is 2.00. The number of benzene rings is 1. The van der Waals surface area contributed by atoms with Crippen LogP contribution in [0.2, 0.25) is 5.02 Å². The molecule has 1 N–H and O–H groups in total. The molecule has 0 amide bonds. The van der Waals surface area contributed by atoms with Crippen molar-refractivity contribution >= 4 is 22.9 Å². The highest BCUT2D eigenvalue weighted by molar-refractivity contribution is 7.11. The van der Waals surface area contributed by atoms with Crippen LogP contribution in [0.1, 0.15) is 41.9 Å². The summed E-state index contributed by atoms with van der Waals surface area (Å²) in [5.41, 5.74) is 2.49. The molecule has 0 spiro atoms. The molecule has 0 fully saturated rings. The zero-order valence-electron chi connectivity index (χ0n) is 12.2. The summed E-state index contributed by atoms with van der Waals surface area (Å²) in [5.74, 6) is 0. The number of aryl methyl sites for hydroxylation is 1. The van der Waals surface area contributed by atoms with E-state index in [1.165, 1.54) is 21.1 Å². The van der Waals surface area contributed by atoms with Crippen molar-refractivity contribution in [2.24, 2.45) is 0 Å². The molecule has 0 aliphatic carbocycles. The van der Waals surface area contributed by atoms with Crippen molar-refractivity contribution in [3.05, 3.63) is 50.4 Å². The topological polar surface area (TPSA) is 24.9 Å². The second-order valence-electron chi connectivity index (χ2n) is 5.17. The fourth-order valence-corrected chi connectivity index (χ4v) is 3.27. The van der Waals surface area contributed by atoms with Crippen LogP contribution in [0.25, 0.3) is 0 Å². The first-order valence-electron chi connectivity index (χ1n) is 7.03. The number of thiazole rings is 1. The van der Waals surface area contributed by atoms with Gasteiger partial charge in [-0.1, -0.05) is 44.5 Å². The number of hydrogen-bond acceptors (Lipinski definition) is 3. The molecule has 0 saturated carbocycles. The van der Waals surface area contributed by atoms with Gasteiger partial charge >= 0.3 is 0 Å². The summed E-state index contributed by atoms with van der Waals surface area (Å²) < 4.78 is 0. The minimum atomic E-state index is 0.501. The van der Waals surface area contributed by atoms with Gasteiger partial charge in [-0.3, -0.25) is 0 Å². The van der Waals surface area contributed by atoms with Crippen molar-refractivity contribution in [2.75, 3.05) is 0 Å². The van der Waals surface area contributed by atoms with E-state index < -0.39 is 0 Å². The smallest absolute Gasteiger partial charge is 0.0975 e. The van der Waals surface area contributed by atoms with E-state index in [1.807, 2.05) is 23.5 Å². The SMILES string of the molecule is CCc1nc(Cc2ccc(Cl)cc2)sc1CNC(C)C. The summed E-state index contributed by atoms with van der Waals surface area (Å²) >= 11 is 7.73. The molecule has 1 aromatic heterocycles. The summed E-state index contributed by atoms with van der Waals surface area (Å²) in [6, 6.07) is 8.52. The molecule has 2 aromatic rings. The maximum absolute atomic E-state index is 5.92. The highest BCUT2D eigenvalue weighted by Gasteiger charge is 2.10. The quantitative estimate of drug-likeness (QED) is 0.853. The molecular weight excluding hydrogens is 288 g/mol. The highest BCUT2D eigenvalue weighted by Crippen LogP contribution is 2.22. The average Bonchev–Trinajstić information content (AvgIpc) is 2.81. The number of rotatable bonds is 6. The summed E-state index contributed by atoms with van der Waals surface area (Å²) in [7, 11) is 0. The Hall–Kier alpha value is -0.900. The van der Waals surface area contributed by atoms with Crippen LogP contribution in [0.3, 0.4) is 0 Å². The highest BCUT2D eigenvalue weighted by atomic mass is 35.5. The van der Waals surface area contributed by atoms with Gasteiger partial charge in [0.2, 0.25) is 0 Å². The van der Waals surface area contributed by atoms with Crippen molar-refractivity contribution < 1.29 is 0 Å². The molecule has 0 unspecified atom stereocenters. The molecule has 0 saturated heterocycles. The third kappa shape index (κ3) is 4.30. The number of hydrogen-bond donors (Lipinski definition) is 1. The van der Waals surface area contributed by atoms with Crippen molar-refractivity contribution in [3.8, 4) is 0 Å². The second kappa shape index (κ2) is 7.21. The monoisotopic (exact) mass is 308 g/mol. The fraction of sp³-hybridized carbons (Fsp3) is 0.438. The lowest BCUT2D eigenvalue weighted by Crippen LogP contribution is -2.21. The van der Waals surface area contributed by atoms with E-state index in [0.717, 1.165) is 24.4 Å².